The highest BCUT2D eigenvalue weighted by atomic mass is 16.1. The summed E-state index contributed by atoms with van der Waals surface area (Å²) in [4.78, 5) is 17.7. The molecule has 0 saturated carbocycles. The Balaban J connectivity index is 1.31. The van der Waals surface area contributed by atoms with Crippen LogP contribution in [0.25, 0.3) is 0 Å². The Labute approximate surface area is 156 Å². The molecule has 0 unspecified atom stereocenters. The normalized spacial score (nSPS) is 19.0. The molecule has 2 aliphatic heterocycles. The van der Waals surface area contributed by atoms with E-state index >= 15 is 0 Å². The molecule has 2 saturated heterocycles. The lowest BCUT2D eigenvalue weighted by molar-refractivity contribution is 0.0835. The second-order valence-electron chi connectivity index (χ2n) is 7.64. The summed E-state index contributed by atoms with van der Waals surface area (Å²) >= 11 is 0. The van der Waals surface area contributed by atoms with Crippen molar-refractivity contribution in [1.29, 1.82) is 0 Å². The van der Waals surface area contributed by atoms with Gasteiger partial charge in [0.2, 0.25) is 0 Å². The molecule has 0 N–H and O–H groups in total. The molecule has 26 heavy (non-hydrogen) atoms. The summed E-state index contributed by atoms with van der Waals surface area (Å²) < 4.78 is 0. The molecule has 0 aromatic heterocycles. The van der Waals surface area contributed by atoms with E-state index in [4.69, 9.17) is 0 Å². The largest absolute Gasteiger partial charge is 0.372 e. The Morgan fingerprint density at radius 3 is 2.15 bits per heavy atom. The van der Waals surface area contributed by atoms with Crippen LogP contribution in [0, 0.1) is 5.92 Å². The van der Waals surface area contributed by atoms with Crippen LogP contribution in [0.4, 0.5) is 5.69 Å². The summed E-state index contributed by atoms with van der Waals surface area (Å²) in [5.74, 6) is 0.511. The summed E-state index contributed by atoms with van der Waals surface area (Å²) in [5, 5.41) is 0. The van der Waals surface area contributed by atoms with Crippen LogP contribution in [-0.2, 0) is 6.54 Å². The van der Waals surface area contributed by atoms with Crippen molar-refractivity contribution >= 4 is 11.5 Å². The molecule has 0 aliphatic carbocycles. The molecule has 0 atom stereocenters. The summed E-state index contributed by atoms with van der Waals surface area (Å²) in [6.45, 7) is 5.31. The second-order valence-corrected chi connectivity index (χ2v) is 7.64. The van der Waals surface area contributed by atoms with Crippen LogP contribution >= 0.6 is 0 Å². The Hall–Kier alpha value is -2.13. The first-order valence-electron chi connectivity index (χ1n) is 9.95. The van der Waals surface area contributed by atoms with Crippen molar-refractivity contribution in [2.75, 3.05) is 31.1 Å². The molecule has 2 heterocycles. The van der Waals surface area contributed by atoms with E-state index < -0.39 is 0 Å². The summed E-state index contributed by atoms with van der Waals surface area (Å²) in [5.41, 5.74) is 3.50. The lowest BCUT2D eigenvalue weighted by Crippen LogP contribution is -2.35. The molecule has 3 heteroatoms. The van der Waals surface area contributed by atoms with E-state index in [-0.39, 0.29) is 5.92 Å². The molecule has 0 spiro atoms. The topological polar surface area (TPSA) is 23.6 Å². The molecular weight excluding hydrogens is 320 g/mol. The highest BCUT2D eigenvalue weighted by Crippen LogP contribution is 2.25. The maximum Gasteiger partial charge on any atom is 0.166 e. The minimum Gasteiger partial charge on any atom is -0.372 e. The lowest BCUT2D eigenvalue weighted by atomic mass is 9.88. The second kappa shape index (κ2) is 8.05. The highest BCUT2D eigenvalue weighted by molar-refractivity contribution is 5.98. The fourth-order valence-corrected chi connectivity index (χ4v) is 4.24. The van der Waals surface area contributed by atoms with Crippen LogP contribution in [0.1, 0.15) is 41.6 Å². The maximum absolute atomic E-state index is 12.9. The number of piperidine rings is 1. The van der Waals surface area contributed by atoms with Gasteiger partial charge in [-0.25, -0.2) is 0 Å². The Bertz CT molecular complexity index is 712. The number of benzene rings is 2. The number of ketones is 1. The van der Waals surface area contributed by atoms with E-state index in [1.165, 1.54) is 24.1 Å². The predicted octanol–water partition coefficient (Wildman–Crippen LogP) is 4.38. The van der Waals surface area contributed by atoms with Gasteiger partial charge in [-0.2, -0.15) is 0 Å². The third-order valence-corrected chi connectivity index (χ3v) is 5.83. The van der Waals surface area contributed by atoms with Gasteiger partial charge in [-0.1, -0.05) is 30.3 Å². The van der Waals surface area contributed by atoms with Crippen LogP contribution in [0.3, 0.4) is 0 Å². The van der Waals surface area contributed by atoms with E-state index in [2.05, 4.69) is 52.3 Å². The standard InChI is InChI=1S/C23H28N2O/c26-23(20-8-10-22(11-9-20)25-14-4-5-15-25)21-12-16-24(17-13-21)18-19-6-2-1-3-7-19/h1-3,6-11,21H,4-5,12-18H2. The van der Waals surface area contributed by atoms with E-state index in [9.17, 15) is 4.79 Å². The monoisotopic (exact) mass is 348 g/mol. The number of anilines is 1. The summed E-state index contributed by atoms with van der Waals surface area (Å²) in [6.07, 6.45) is 4.50. The molecule has 0 radical (unpaired) electrons. The molecule has 2 aromatic rings. The van der Waals surface area contributed by atoms with E-state index in [0.29, 0.717) is 5.78 Å². The Morgan fingerprint density at radius 2 is 1.50 bits per heavy atom. The number of carbonyl (C=O) groups excluding carboxylic acids is 1. The first-order chi connectivity index (χ1) is 12.8. The van der Waals surface area contributed by atoms with Crippen molar-refractivity contribution < 1.29 is 4.79 Å². The van der Waals surface area contributed by atoms with Gasteiger partial charge < -0.3 is 4.90 Å². The van der Waals surface area contributed by atoms with Crippen molar-refractivity contribution in [2.24, 2.45) is 5.92 Å². The number of hydrogen-bond acceptors (Lipinski definition) is 3. The molecule has 136 valence electrons. The Kier molecular flexibility index (Phi) is 5.35. The third kappa shape index (κ3) is 3.99. The number of likely N-dealkylation sites (tertiary alicyclic amines) is 1. The quantitative estimate of drug-likeness (QED) is 0.749. The molecular formula is C23H28N2O. The smallest absolute Gasteiger partial charge is 0.166 e. The van der Waals surface area contributed by atoms with Gasteiger partial charge in [0, 0.05) is 36.8 Å². The van der Waals surface area contributed by atoms with Gasteiger partial charge in [-0.15, -0.1) is 0 Å². The SMILES string of the molecule is O=C(c1ccc(N2CCCC2)cc1)C1CCN(Cc2ccccc2)CC1. The van der Waals surface area contributed by atoms with Crippen molar-refractivity contribution in [3.05, 3.63) is 65.7 Å². The minimum absolute atomic E-state index is 0.180. The molecule has 2 aromatic carbocycles. The number of hydrogen-bond donors (Lipinski definition) is 0. The Morgan fingerprint density at radius 1 is 0.846 bits per heavy atom. The zero-order valence-corrected chi connectivity index (χ0v) is 15.4. The van der Waals surface area contributed by atoms with Gasteiger partial charge in [0.25, 0.3) is 0 Å². The van der Waals surface area contributed by atoms with Gasteiger partial charge in [0.05, 0.1) is 0 Å². The molecule has 0 bridgehead atoms. The molecule has 4 rings (SSSR count). The van der Waals surface area contributed by atoms with Crippen LogP contribution in [0.5, 0.6) is 0 Å². The van der Waals surface area contributed by atoms with Crippen LogP contribution in [0.2, 0.25) is 0 Å². The van der Waals surface area contributed by atoms with Crippen molar-refractivity contribution in [3.63, 3.8) is 0 Å². The predicted molar refractivity (Wildman–Crippen MR) is 107 cm³/mol. The van der Waals surface area contributed by atoms with Crippen molar-refractivity contribution in [1.82, 2.24) is 4.90 Å². The number of nitrogens with zero attached hydrogens (tertiary/aromatic N) is 2. The zero-order chi connectivity index (χ0) is 17.8. The summed E-state index contributed by atoms with van der Waals surface area (Å²) in [7, 11) is 0. The van der Waals surface area contributed by atoms with Gasteiger partial charge in [-0.3, -0.25) is 9.69 Å². The first-order valence-corrected chi connectivity index (χ1v) is 9.95. The number of carbonyl (C=O) groups is 1. The zero-order valence-electron chi connectivity index (χ0n) is 15.4. The van der Waals surface area contributed by atoms with E-state index in [0.717, 1.165) is 51.1 Å². The first kappa shape index (κ1) is 17.3. The molecule has 0 amide bonds. The van der Waals surface area contributed by atoms with Crippen molar-refractivity contribution in [3.8, 4) is 0 Å². The van der Waals surface area contributed by atoms with Crippen LogP contribution in [0.15, 0.2) is 54.6 Å². The molecule has 2 aliphatic rings. The van der Waals surface area contributed by atoms with Gasteiger partial charge in [-0.05, 0) is 68.6 Å². The highest BCUT2D eigenvalue weighted by Gasteiger charge is 2.26. The average Bonchev–Trinajstić information content (AvgIpc) is 3.24. The number of rotatable bonds is 5. The minimum atomic E-state index is 0.180. The van der Waals surface area contributed by atoms with E-state index in [1.807, 2.05) is 12.1 Å². The molecule has 2 fully saturated rings. The van der Waals surface area contributed by atoms with E-state index in [1.54, 1.807) is 0 Å². The third-order valence-electron chi connectivity index (χ3n) is 5.83. The van der Waals surface area contributed by atoms with Crippen molar-refractivity contribution in [2.45, 2.75) is 32.2 Å². The number of Topliss-reactive ketones (excluding diaryl/α,β-unsaturated/α-hetero) is 1. The van der Waals surface area contributed by atoms with Gasteiger partial charge in [0.15, 0.2) is 5.78 Å². The van der Waals surface area contributed by atoms with Crippen LogP contribution in [-0.4, -0.2) is 36.9 Å². The average molecular weight is 348 g/mol. The van der Waals surface area contributed by atoms with Crippen LogP contribution < -0.4 is 4.90 Å². The van der Waals surface area contributed by atoms with Gasteiger partial charge in [0.1, 0.15) is 0 Å². The lowest BCUT2D eigenvalue weighted by Gasteiger charge is -2.31. The maximum atomic E-state index is 12.9. The fraction of sp³-hybridized carbons (Fsp3) is 0.435. The molecule has 3 nitrogen and oxygen atoms in total. The fourth-order valence-electron chi connectivity index (χ4n) is 4.24. The summed E-state index contributed by atoms with van der Waals surface area (Å²) in [6, 6.07) is 18.9. The van der Waals surface area contributed by atoms with Gasteiger partial charge >= 0.3 is 0 Å².